The molecule has 1 amide bonds. The summed E-state index contributed by atoms with van der Waals surface area (Å²) in [5, 5.41) is 2.87. The van der Waals surface area contributed by atoms with Crippen LogP contribution in [0.1, 0.15) is 15.9 Å². The maximum Gasteiger partial charge on any atom is 0.261 e. The fourth-order valence-corrected chi connectivity index (χ4v) is 3.78. The third-order valence-electron chi connectivity index (χ3n) is 3.87. The average molecular weight is 419 g/mol. The third-order valence-corrected chi connectivity index (χ3v) is 5.58. The molecule has 0 heterocycles. The van der Waals surface area contributed by atoms with E-state index in [1.54, 1.807) is 6.07 Å². The normalized spacial score (nSPS) is 11.1. The van der Waals surface area contributed by atoms with Gasteiger partial charge in [-0.1, -0.05) is 23.7 Å². The number of aryl methyl sites for hydroxylation is 1. The van der Waals surface area contributed by atoms with Crippen LogP contribution in [-0.4, -0.2) is 14.3 Å². The average Bonchev–Trinajstić information content (AvgIpc) is 2.63. The van der Waals surface area contributed by atoms with Crippen LogP contribution in [-0.2, 0) is 10.0 Å². The van der Waals surface area contributed by atoms with Crippen molar-refractivity contribution in [2.75, 3.05) is 10.0 Å². The molecule has 0 saturated heterocycles. The first kappa shape index (κ1) is 19.9. The van der Waals surface area contributed by atoms with Gasteiger partial charge in [-0.15, -0.1) is 0 Å². The quantitative estimate of drug-likeness (QED) is 0.622. The molecule has 0 aromatic heterocycles. The Morgan fingerprint density at radius 3 is 2.39 bits per heavy atom. The number of nitrogens with one attached hydrogen (secondary N) is 2. The van der Waals surface area contributed by atoms with Crippen LogP contribution >= 0.6 is 11.6 Å². The largest absolute Gasteiger partial charge is 0.322 e. The Bertz CT molecular complexity index is 1130. The predicted molar refractivity (Wildman–Crippen MR) is 108 cm³/mol. The lowest BCUT2D eigenvalue weighted by molar-refractivity contribution is 0.102. The van der Waals surface area contributed by atoms with Gasteiger partial charge in [-0.25, -0.2) is 12.8 Å². The number of halogens is 2. The van der Waals surface area contributed by atoms with Gasteiger partial charge in [-0.3, -0.25) is 9.52 Å². The Hall–Kier alpha value is -2.90. The van der Waals surface area contributed by atoms with Gasteiger partial charge < -0.3 is 5.32 Å². The summed E-state index contributed by atoms with van der Waals surface area (Å²) in [6, 6.07) is 15.9. The van der Waals surface area contributed by atoms with Gasteiger partial charge >= 0.3 is 0 Å². The lowest BCUT2D eigenvalue weighted by Crippen LogP contribution is -2.15. The van der Waals surface area contributed by atoms with Crippen LogP contribution in [0, 0.1) is 12.7 Å². The fourth-order valence-electron chi connectivity index (χ4n) is 2.49. The Morgan fingerprint density at radius 2 is 1.71 bits per heavy atom. The van der Waals surface area contributed by atoms with Gasteiger partial charge in [0, 0.05) is 11.3 Å². The monoisotopic (exact) mass is 418 g/mol. The van der Waals surface area contributed by atoms with Gasteiger partial charge in [-0.2, -0.15) is 0 Å². The number of hydrogen-bond donors (Lipinski definition) is 2. The van der Waals surface area contributed by atoms with Crippen molar-refractivity contribution in [2.45, 2.75) is 11.8 Å². The van der Waals surface area contributed by atoms with E-state index in [1.165, 1.54) is 18.2 Å². The van der Waals surface area contributed by atoms with E-state index in [1.807, 2.05) is 25.1 Å². The fraction of sp³-hybridized carbons (Fsp3) is 0.0500. The number of benzene rings is 3. The highest BCUT2D eigenvalue weighted by Gasteiger charge is 2.17. The topological polar surface area (TPSA) is 75.3 Å². The molecule has 0 fully saturated rings. The van der Waals surface area contributed by atoms with Crippen molar-refractivity contribution < 1.29 is 17.6 Å². The van der Waals surface area contributed by atoms with Gasteiger partial charge in [0.2, 0.25) is 0 Å². The SMILES string of the molecule is Cc1cccc(NC(=O)c2ccc(Cl)c(NS(=O)(=O)c3ccc(F)cc3)c2)c1. The van der Waals surface area contributed by atoms with Crippen LogP contribution in [0.5, 0.6) is 0 Å². The van der Waals surface area contributed by atoms with Gasteiger partial charge in [-0.05, 0) is 67.1 Å². The molecule has 144 valence electrons. The first-order chi connectivity index (χ1) is 13.2. The Balaban J connectivity index is 1.85. The number of carbonyl (C=O) groups excluding carboxylic acids is 1. The Kier molecular flexibility index (Phi) is 5.67. The molecule has 0 spiro atoms. The molecule has 0 aliphatic rings. The molecular weight excluding hydrogens is 403 g/mol. The number of amides is 1. The Labute approximate surface area is 167 Å². The van der Waals surface area contributed by atoms with E-state index in [9.17, 15) is 17.6 Å². The van der Waals surface area contributed by atoms with Gasteiger partial charge in [0.05, 0.1) is 15.6 Å². The van der Waals surface area contributed by atoms with Crippen molar-refractivity contribution in [3.05, 3.63) is 88.7 Å². The van der Waals surface area contributed by atoms with E-state index in [0.29, 0.717) is 5.69 Å². The van der Waals surface area contributed by atoms with Crippen molar-refractivity contribution in [2.24, 2.45) is 0 Å². The van der Waals surface area contributed by atoms with E-state index < -0.39 is 21.7 Å². The van der Waals surface area contributed by atoms with E-state index >= 15 is 0 Å². The van der Waals surface area contributed by atoms with E-state index in [0.717, 1.165) is 29.8 Å². The van der Waals surface area contributed by atoms with E-state index in [2.05, 4.69) is 10.0 Å². The molecule has 28 heavy (non-hydrogen) atoms. The molecule has 0 unspecified atom stereocenters. The highest BCUT2D eigenvalue weighted by Crippen LogP contribution is 2.26. The summed E-state index contributed by atoms with van der Waals surface area (Å²) in [6.45, 7) is 1.90. The van der Waals surface area contributed by atoms with Crippen molar-refractivity contribution >= 4 is 38.9 Å². The number of anilines is 2. The van der Waals surface area contributed by atoms with E-state index in [-0.39, 0.29) is 21.2 Å². The highest BCUT2D eigenvalue weighted by molar-refractivity contribution is 7.92. The zero-order valence-corrected chi connectivity index (χ0v) is 16.3. The van der Waals surface area contributed by atoms with Crippen LogP contribution in [0.4, 0.5) is 15.8 Å². The molecule has 8 heteroatoms. The number of hydrogen-bond acceptors (Lipinski definition) is 3. The van der Waals surface area contributed by atoms with E-state index in [4.69, 9.17) is 11.6 Å². The number of sulfonamides is 1. The summed E-state index contributed by atoms with van der Waals surface area (Å²) in [6.07, 6.45) is 0. The molecule has 0 aliphatic carbocycles. The minimum Gasteiger partial charge on any atom is -0.322 e. The van der Waals surface area contributed by atoms with Crippen LogP contribution in [0.25, 0.3) is 0 Å². The maximum absolute atomic E-state index is 13.0. The minimum absolute atomic E-state index is 0.0443. The molecule has 0 atom stereocenters. The summed E-state index contributed by atoms with van der Waals surface area (Å²) in [4.78, 5) is 12.4. The predicted octanol–water partition coefficient (Wildman–Crippen LogP) is 4.84. The van der Waals surface area contributed by atoms with Crippen LogP contribution < -0.4 is 10.0 Å². The van der Waals surface area contributed by atoms with Gasteiger partial charge in [0.15, 0.2) is 0 Å². The molecular formula is C20H16ClFN2O3S. The molecule has 2 N–H and O–H groups in total. The first-order valence-corrected chi connectivity index (χ1v) is 10.1. The number of carbonyl (C=O) groups is 1. The molecule has 3 rings (SSSR count). The zero-order valence-electron chi connectivity index (χ0n) is 14.7. The lowest BCUT2D eigenvalue weighted by atomic mass is 10.1. The second kappa shape index (κ2) is 8.00. The Morgan fingerprint density at radius 1 is 1.00 bits per heavy atom. The van der Waals surface area contributed by atoms with Crippen molar-refractivity contribution in [1.29, 1.82) is 0 Å². The zero-order chi connectivity index (χ0) is 20.3. The lowest BCUT2D eigenvalue weighted by Gasteiger charge is -2.12. The van der Waals surface area contributed by atoms with Gasteiger partial charge in [0.25, 0.3) is 15.9 Å². The summed E-state index contributed by atoms with van der Waals surface area (Å²) in [5.74, 6) is -0.962. The van der Waals surface area contributed by atoms with Crippen LogP contribution in [0.15, 0.2) is 71.6 Å². The van der Waals surface area contributed by atoms with Crippen molar-refractivity contribution in [3.63, 3.8) is 0 Å². The van der Waals surface area contributed by atoms with Gasteiger partial charge in [0.1, 0.15) is 5.82 Å². The van der Waals surface area contributed by atoms with Crippen molar-refractivity contribution in [3.8, 4) is 0 Å². The summed E-state index contributed by atoms with van der Waals surface area (Å²) in [7, 11) is -3.99. The first-order valence-electron chi connectivity index (χ1n) is 8.20. The molecule has 3 aromatic carbocycles. The van der Waals surface area contributed by atoms with Crippen LogP contribution in [0.3, 0.4) is 0 Å². The standard InChI is InChI=1S/C20H16ClFN2O3S/c1-13-3-2-4-16(11-13)23-20(25)14-5-10-18(21)19(12-14)24-28(26,27)17-8-6-15(22)7-9-17/h2-12,24H,1H3,(H,23,25). The third kappa shape index (κ3) is 4.68. The molecule has 0 aliphatic heterocycles. The summed E-state index contributed by atoms with van der Waals surface area (Å²) >= 11 is 6.08. The second-order valence-corrected chi connectivity index (χ2v) is 8.17. The minimum atomic E-state index is -3.99. The molecule has 5 nitrogen and oxygen atoms in total. The van der Waals surface area contributed by atoms with Crippen LogP contribution in [0.2, 0.25) is 5.02 Å². The summed E-state index contributed by atoms with van der Waals surface area (Å²) in [5.41, 5.74) is 1.88. The molecule has 3 aromatic rings. The number of rotatable bonds is 5. The molecule has 0 radical (unpaired) electrons. The highest BCUT2D eigenvalue weighted by atomic mass is 35.5. The summed E-state index contributed by atoms with van der Waals surface area (Å²) < 4.78 is 40.3. The maximum atomic E-state index is 13.0. The molecule has 0 bridgehead atoms. The van der Waals surface area contributed by atoms with Crippen molar-refractivity contribution in [1.82, 2.24) is 0 Å². The second-order valence-electron chi connectivity index (χ2n) is 6.08. The smallest absolute Gasteiger partial charge is 0.261 e. The molecule has 0 saturated carbocycles.